The fourth-order valence-electron chi connectivity index (χ4n) is 2.81. The Kier molecular flexibility index (Phi) is 3.82. The summed E-state index contributed by atoms with van der Waals surface area (Å²) < 4.78 is 13.9. The quantitative estimate of drug-likeness (QED) is 0.917. The molecule has 22 heavy (non-hydrogen) atoms. The molecule has 1 aliphatic rings. The molecule has 3 rings (SSSR count). The van der Waals surface area contributed by atoms with E-state index in [2.05, 4.69) is 5.32 Å². The van der Waals surface area contributed by atoms with Crippen molar-refractivity contribution in [3.05, 3.63) is 69.5 Å². The van der Waals surface area contributed by atoms with Crippen molar-refractivity contribution in [1.29, 1.82) is 5.26 Å². The van der Waals surface area contributed by atoms with E-state index in [-0.39, 0.29) is 17.8 Å². The molecule has 5 heteroatoms. The van der Waals surface area contributed by atoms with Crippen LogP contribution >= 0.6 is 11.6 Å². The third kappa shape index (κ3) is 2.56. The molecule has 0 fully saturated rings. The second-order valence-electron chi connectivity index (χ2n) is 5.18. The average molecular weight is 315 g/mol. The first kappa shape index (κ1) is 14.6. The largest absolute Gasteiger partial charge is 0.345 e. The number of benzene rings is 2. The minimum absolute atomic E-state index is 0.289. The molecule has 0 aromatic heterocycles. The van der Waals surface area contributed by atoms with E-state index < -0.39 is 0 Å². The molecule has 0 unspecified atom stereocenters. The zero-order chi connectivity index (χ0) is 15.7. The molecule has 110 valence electrons. The van der Waals surface area contributed by atoms with Crippen molar-refractivity contribution < 1.29 is 9.18 Å². The summed E-state index contributed by atoms with van der Waals surface area (Å²) in [5.74, 6) is -0.674. The third-order valence-corrected chi connectivity index (χ3v) is 4.07. The molecule has 0 radical (unpaired) electrons. The Balaban J connectivity index is 1.88. The van der Waals surface area contributed by atoms with E-state index in [0.29, 0.717) is 40.1 Å². The second-order valence-corrected chi connectivity index (χ2v) is 5.61. The molecule has 1 amide bonds. The molecule has 3 nitrogen and oxygen atoms in total. The molecule has 2 aromatic carbocycles. The molecule has 0 heterocycles. The van der Waals surface area contributed by atoms with E-state index in [4.69, 9.17) is 16.9 Å². The van der Waals surface area contributed by atoms with Crippen LogP contribution in [0.2, 0.25) is 5.02 Å². The van der Waals surface area contributed by atoms with Crippen LogP contribution in [-0.4, -0.2) is 5.91 Å². The molecule has 0 bridgehead atoms. The summed E-state index contributed by atoms with van der Waals surface area (Å²) in [6.07, 6.45) is 1.18. The molecule has 1 aliphatic carbocycles. The number of nitrogens with one attached hydrogen (secondary N) is 1. The van der Waals surface area contributed by atoms with E-state index in [1.54, 1.807) is 30.3 Å². The summed E-state index contributed by atoms with van der Waals surface area (Å²) in [7, 11) is 0. The molecule has 1 N–H and O–H groups in total. The second kappa shape index (κ2) is 5.78. The molecular formula is C17H12ClFN2O. The number of halogens is 2. The van der Waals surface area contributed by atoms with Crippen LogP contribution in [0.1, 0.15) is 39.5 Å². The number of hydrogen-bond acceptors (Lipinski definition) is 2. The topological polar surface area (TPSA) is 52.9 Å². The Labute approximate surface area is 132 Å². The first-order valence-electron chi connectivity index (χ1n) is 6.88. The lowest BCUT2D eigenvalue weighted by Gasteiger charge is -2.15. The SMILES string of the molecule is N#Cc1ccccc1C(=O)N[C@@H]1CCc2c(F)cc(Cl)cc21. The number of hydrogen-bond donors (Lipinski definition) is 1. The molecule has 0 aliphatic heterocycles. The number of amides is 1. The number of carbonyl (C=O) groups is 1. The fourth-order valence-corrected chi connectivity index (χ4v) is 3.02. The van der Waals surface area contributed by atoms with Crippen LogP contribution in [0.15, 0.2) is 36.4 Å². The molecule has 0 spiro atoms. The highest BCUT2D eigenvalue weighted by atomic mass is 35.5. The van der Waals surface area contributed by atoms with Crippen LogP contribution in [0.5, 0.6) is 0 Å². The number of rotatable bonds is 2. The van der Waals surface area contributed by atoms with Crippen LogP contribution in [0.3, 0.4) is 0 Å². The maximum Gasteiger partial charge on any atom is 0.253 e. The summed E-state index contributed by atoms with van der Waals surface area (Å²) in [6.45, 7) is 0. The lowest BCUT2D eigenvalue weighted by molar-refractivity contribution is 0.0936. The Morgan fingerprint density at radius 3 is 2.91 bits per heavy atom. The van der Waals surface area contributed by atoms with Gasteiger partial charge in [0.2, 0.25) is 0 Å². The van der Waals surface area contributed by atoms with Crippen LogP contribution in [0, 0.1) is 17.1 Å². The zero-order valence-corrected chi connectivity index (χ0v) is 12.3. The van der Waals surface area contributed by atoms with E-state index >= 15 is 0 Å². The summed E-state index contributed by atoms with van der Waals surface area (Å²) >= 11 is 5.90. The molecule has 0 saturated carbocycles. The number of nitrogens with zero attached hydrogens (tertiary/aromatic N) is 1. The smallest absolute Gasteiger partial charge is 0.253 e. The van der Waals surface area contributed by atoms with Gasteiger partial charge in [0, 0.05) is 5.02 Å². The van der Waals surface area contributed by atoms with Gasteiger partial charge in [-0.3, -0.25) is 4.79 Å². The Hall–Kier alpha value is -2.38. The van der Waals surface area contributed by atoms with Crippen molar-refractivity contribution in [2.24, 2.45) is 0 Å². The van der Waals surface area contributed by atoms with E-state index in [1.807, 2.05) is 6.07 Å². The number of carbonyl (C=O) groups excluding carboxylic acids is 1. The minimum atomic E-state index is -0.338. The Morgan fingerprint density at radius 2 is 2.14 bits per heavy atom. The van der Waals surface area contributed by atoms with Crippen LogP contribution in [0.4, 0.5) is 4.39 Å². The molecule has 1 atom stereocenters. The highest BCUT2D eigenvalue weighted by Gasteiger charge is 2.27. The van der Waals surface area contributed by atoms with Gasteiger partial charge in [-0.1, -0.05) is 23.7 Å². The Bertz CT molecular complexity index is 798. The summed E-state index contributed by atoms with van der Waals surface area (Å²) in [4.78, 5) is 12.4. The van der Waals surface area contributed by atoms with Gasteiger partial charge in [0.15, 0.2) is 0 Å². The highest BCUT2D eigenvalue weighted by molar-refractivity contribution is 6.30. The van der Waals surface area contributed by atoms with Gasteiger partial charge in [0.05, 0.1) is 23.2 Å². The van der Waals surface area contributed by atoms with E-state index in [9.17, 15) is 9.18 Å². The fraction of sp³-hybridized carbons (Fsp3) is 0.176. The Morgan fingerprint density at radius 1 is 1.36 bits per heavy atom. The van der Waals surface area contributed by atoms with Crippen LogP contribution < -0.4 is 5.32 Å². The van der Waals surface area contributed by atoms with Crippen molar-refractivity contribution in [2.75, 3.05) is 0 Å². The summed E-state index contributed by atoms with van der Waals surface area (Å²) in [6, 6.07) is 11.3. The highest BCUT2D eigenvalue weighted by Crippen LogP contribution is 2.35. The maximum atomic E-state index is 13.9. The van der Waals surface area contributed by atoms with Crippen molar-refractivity contribution in [3.8, 4) is 6.07 Å². The van der Waals surface area contributed by atoms with Crippen LogP contribution in [-0.2, 0) is 6.42 Å². The first-order valence-corrected chi connectivity index (χ1v) is 7.25. The lowest BCUT2D eigenvalue weighted by Crippen LogP contribution is -2.27. The van der Waals surface area contributed by atoms with E-state index in [0.717, 1.165) is 0 Å². The van der Waals surface area contributed by atoms with Crippen molar-refractivity contribution >= 4 is 17.5 Å². The molecule has 0 saturated heterocycles. The maximum absolute atomic E-state index is 13.9. The zero-order valence-electron chi connectivity index (χ0n) is 11.6. The van der Waals surface area contributed by atoms with Gasteiger partial charge in [-0.15, -0.1) is 0 Å². The number of nitriles is 1. The minimum Gasteiger partial charge on any atom is -0.345 e. The van der Waals surface area contributed by atoms with Gasteiger partial charge in [0.1, 0.15) is 5.82 Å². The molecule has 2 aromatic rings. The van der Waals surface area contributed by atoms with Gasteiger partial charge in [-0.25, -0.2) is 4.39 Å². The monoisotopic (exact) mass is 314 g/mol. The lowest BCUT2D eigenvalue weighted by atomic mass is 10.1. The van der Waals surface area contributed by atoms with Crippen molar-refractivity contribution in [1.82, 2.24) is 5.32 Å². The van der Waals surface area contributed by atoms with E-state index in [1.165, 1.54) is 6.07 Å². The van der Waals surface area contributed by atoms with Gasteiger partial charge in [-0.05, 0) is 48.2 Å². The predicted molar refractivity (Wildman–Crippen MR) is 81.1 cm³/mol. The normalized spacial score (nSPS) is 16.0. The average Bonchev–Trinajstić information content (AvgIpc) is 2.90. The third-order valence-electron chi connectivity index (χ3n) is 3.85. The molecular weight excluding hydrogens is 303 g/mol. The van der Waals surface area contributed by atoms with Gasteiger partial charge >= 0.3 is 0 Å². The predicted octanol–water partition coefficient (Wildman–Crippen LogP) is 3.77. The van der Waals surface area contributed by atoms with Gasteiger partial charge < -0.3 is 5.32 Å². The summed E-state index contributed by atoms with van der Waals surface area (Å²) in [5.41, 5.74) is 1.95. The van der Waals surface area contributed by atoms with Crippen molar-refractivity contribution in [2.45, 2.75) is 18.9 Å². The standard InChI is InChI=1S/C17H12ClFN2O/c18-11-7-14-13(15(19)8-11)5-6-16(14)21-17(22)12-4-2-1-3-10(12)9-20/h1-4,7-8,16H,5-6H2,(H,21,22)/t16-/m1/s1. The van der Waals surface area contributed by atoms with Gasteiger partial charge in [0.25, 0.3) is 5.91 Å². The van der Waals surface area contributed by atoms with Crippen molar-refractivity contribution in [3.63, 3.8) is 0 Å². The summed E-state index contributed by atoms with van der Waals surface area (Å²) in [5, 5.41) is 12.2. The van der Waals surface area contributed by atoms with Crippen LogP contribution in [0.25, 0.3) is 0 Å². The number of fused-ring (bicyclic) bond motifs is 1. The first-order chi connectivity index (χ1) is 10.6. The van der Waals surface area contributed by atoms with Gasteiger partial charge in [-0.2, -0.15) is 5.26 Å².